The monoisotopic (exact) mass is 258 g/mol. The lowest BCUT2D eigenvalue weighted by atomic mass is 10.0. The van der Waals surface area contributed by atoms with Crippen molar-refractivity contribution in [2.75, 3.05) is 11.4 Å². The van der Waals surface area contributed by atoms with Gasteiger partial charge in [-0.05, 0) is 33.8 Å². The highest BCUT2D eigenvalue weighted by Crippen LogP contribution is 2.30. The molecule has 0 unspecified atom stereocenters. The number of hydrogen-bond donors (Lipinski definition) is 0. The van der Waals surface area contributed by atoms with Crippen LogP contribution in [0.5, 0.6) is 0 Å². The predicted molar refractivity (Wildman–Crippen MR) is 73.8 cm³/mol. The zero-order chi connectivity index (χ0) is 14.2. The molecule has 1 aliphatic heterocycles. The molecule has 0 bridgehead atoms. The van der Waals surface area contributed by atoms with Crippen molar-refractivity contribution in [1.82, 2.24) is 14.9 Å². The van der Waals surface area contributed by atoms with Crippen LogP contribution in [0.3, 0.4) is 0 Å². The van der Waals surface area contributed by atoms with Crippen LogP contribution in [0.4, 0.5) is 10.7 Å². The first-order chi connectivity index (χ1) is 8.86. The van der Waals surface area contributed by atoms with E-state index in [1.165, 1.54) is 0 Å². The standard InChI is InChI=1S/C14H18N4O/c1-6-11-7-8-15-12(16-11)17-9-14(4,5)18(10(2)3)13(17)19/h1,7-8,10H,9H2,2-5H3. The lowest BCUT2D eigenvalue weighted by molar-refractivity contribution is 0.152. The van der Waals surface area contributed by atoms with E-state index in [4.69, 9.17) is 6.42 Å². The normalized spacial score (nSPS) is 18.0. The Morgan fingerprint density at radius 3 is 2.68 bits per heavy atom. The van der Waals surface area contributed by atoms with Crippen molar-refractivity contribution < 1.29 is 4.79 Å². The SMILES string of the molecule is C#Cc1ccnc(N2CC(C)(C)N(C(C)C)C2=O)n1. The number of rotatable bonds is 2. The molecule has 1 aliphatic rings. The number of urea groups is 1. The molecule has 0 N–H and O–H groups in total. The fraction of sp³-hybridized carbons (Fsp3) is 0.500. The zero-order valence-corrected chi connectivity index (χ0v) is 11.7. The topological polar surface area (TPSA) is 49.3 Å². The van der Waals surface area contributed by atoms with Crippen molar-refractivity contribution in [3.63, 3.8) is 0 Å². The van der Waals surface area contributed by atoms with Gasteiger partial charge in [0.15, 0.2) is 0 Å². The summed E-state index contributed by atoms with van der Waals surface area (Å²) in [6, 6.07) is 1.70. The van der Waals surface area contributed by atoms with Crippen LogP contribution in [0.25, 0.3) is 0 Å². The molecule has 0 aliphatic carbocycles. The van der Waals surface area contributed by atoms with Crippen LogP contribution in [0, 0.1) is 12.3 Å². The van der Waals surface area contributed by atoms with Crippen molar-refractivity contribution in [3.05, 3.63) is 18.0 Å². The molecular weight excluding hydrogens is 240 g/mol. The average molecular weight is 258 g/mol. The average Bonchev–Trinajstić information content (AvgIpc) is 2.59. The molecule has 5 heteroatoms. The van der Waals surface area contributed by atoms with Crippen LogP contribution in [0.1, 0.15) is 33.4 Å². The Hall–Kier alpha value is -2.09. The van der Waals surface area contributed by atoms with Gasteiger partial charge in [-0.1, -0.05) is 5.92 Å². The lowest BCUT2D eigenvalue weighted by Gasteiger charge is -2.32. The molecule has 1 fully saturated rings. The van der Waals surface area contributed by atoms with Crippen LogP contribution in [-0.4, -0.2) is 39.0 Å². The van der Waals surface area contributed by atoms with Gasteiger partial charge >= 0.3 is 6.03 Å². The third-order valence-corrected chi connectivity index (χ3v) is 3.18. The van der Waals surface area contributed by atoms with Crippen molar-refractivity contribution >= 4 is 12.0 Å². The molecule has 19 heavy (non-hydrogen) atoms. The second-order valence-corrected chi connectivity index (χ2v) is 5.53. The van der Waals surface area contributed by atoms with E-state index in [0.717, 1.165) is 0 Å². The van der Waals surface area contributed by atoms with Crippen molar-refractivity contribution in [2.24, 2.45) is 0 Å². The number of carbonyl (C=O) groups excluding carboxylic acids is 1. The van der Waals surface area contributed by atoms with Gasteiger partial charge in [0.25, 0.3) is 0 Å². The van der Waals surface area contributed by atoms with Crippen LogP contribution in [-0.2, 0) is 0 Å². The maximum absolute atomic E-state index is 12.5. The van der Waals surface area contributed by atoms with E-state index in [1.807, 2.05) is 32.6 Å². The summed E-state index contributed by atoms with van der Waals surface area (Å²) < 4.78 is 0. The summed E-state index contributed by atoms with van der Waals surface area (Å²) in [5, 5.41) is 0. The molecule has 1 aromatic heterocycles. The maximum atomic E-state index is 12.5. The van der Waals surface area contributed by atoms with Gasteiger partial charge < -0.3 is 4.90 Å². The van der Waals surface area contributed by atoms with Crippen LogP contribution in [0.2, 0.25) is 0 Å². The summed E-state index contributed by atoms with van der Waals surface area (Å²) in [6.45, 7) is 8.63. The number of hydrogen-bond acceptors (Lipinski definition) is 3. The van der Waals surface area contributed by atoms with Gasteiger partial charge in [0.1, 0.15) is 5.69 Å². The second kappa shape index (κ2) is 4.54. The number of nitrogens with zero attached hydrogens (tertiary/aromatic N) is 4. The highest BCUT2D eigenvalue weighted by atomic mass is 16.2. The highest BCUT2D eigenvalue weighted by Gasteiger charge is 2.45. The van der Waals surface area contributed by atoms with E-state index in [0.29, 0.717) is 18.2 Å². The quantitative estimate of drug-likeness (QED) is 0.761. The first kappa shape index (κ1) is 13.3. The van der Waals surface area contributed by atoms with E-state index >= 15 is 0 Å². The van der Waals surface area contributed by atoms with Gasteiger partial charge in [0, 0.05) is 12.2 Å². The summed E-state index contributed by atoms with van der Waals surface area (Å²) in [4.78, 5) is 24.3. The van der Waals surface area contributed by atoms with Crippen LogP contribution < -0.4 is 4.90 Å². The number of amides is 2. The minimum absolute atomic E-state index is 0.0748. The summed E-state index contributed by atoms with van der Waals surface area (Å²) in [5.41, 5.74) is 0.236. The number of carbonyl (C=O) groups is 1. The van der Waals surface area contributed by atoms with Gasteiger partial charge in [-0.2, -0.15) is 0 Å². The fourth-order valence-corrected chi connectivity index (χ4v) is 2.55. The smallest absolute Gasteiger partial charge is 0.315 e. The second-order valence-electron chi connectivity index (χ2n) is 5.53. The molecule has 0 radical (unpaired) electrons. The lowest BCUT2D eigenvalue weighted by Crippen LogP contribution is -2.46. The number of terminal acetylenes is 1. The van der Waals surface area contributed by atoms with Gasteiger partial charge in [-0.15, -0.1) is 6.42 Å². The van der Waals surface area contributed by atoms with E-state index in [9.17, 15) is 4.79 Å². The molecule has 0 spiro atoms. The Kier molecular flexibility index (Phi) is 3.19. The van der Waals surface area contributed by atoms with E-state index in [2.05, 4.69) is 15.9 Å². The molecule has 100 valence electrons. The molecule has 1 aromatic rings. The molecule has 1 saturated heterocycles. The molecule has 2 amide bonds. The number of aromatic nitrogens is 2. The molecular formula is C14H18N4O. The minimum atomic E-state index is -0.249. The fourth-order valence-electron chi connectivity index (χ4n) is 2.55. The summed E-state index contributed by atoms with van der Waals surface area (Å²) in [5.74, 6) is 2.83. The maximum Gasteiger partial charge on any atom is 0.327 e. The third-order valence-electron chi connectivity index (χ3n) is 3.18. The van der Waals surface area contributed by atoms with Crippen molar-refractivity contribution in [1.29, 1.82) is 0 Å². The molecule has 0 saturated carbocycles. The van der Waals surface area contributed by atoms with Crippen LogP contribution >= 0.6 is 0 Å². The van der Waals surface area contributed by atoms with E-state index in [-0.39, 0.29) is 17.6 Å². The van der Waals surface area contributed by atoms with E-state index < -0.39 is 0 Å². The molecule has 2 rings (SSSR count). The minimum Gasteiger partial charge on any atom is -0.315 e. The van der Waals surface area contributed by atoms with Crippen molar-refractivity contribution in [3.8, 4) is 12.3 Å². The molecule has 0 aromatic carbocycles. The van der Waals surface area contributed by atoms with Gasteiger partial charge in [0.05, 0.1) is 12.1 Å². The Morgan fingerprint density at radius 1 is 1.47 bits per heavy atom. The first-order valence-corrected chi connectivity index (χ1v) is 6.27. The first-order valence-electron chi connectivity index (χ1n) is 6.27. The summed E-state index contributed by atoms with van der Waals surface area (Å²) >= 11 is 0. The van der Waals surface area contributed by atoms with Gasteiger partial charge in [-0.3, -0.25) is 4.90 Å². The zero-order valence-electron chi connectivity index (χ0n) is 11.7. The highest BCUT2D eigenvalue weighted by molar-refractivity contribution is 5.93. The Balaban J connectivity index is 2.37. The van der Waals surface area contributed by atoms with Crippen LogP contribution in [0.15, 0.2) is 12.3 Å². The van der Waals surface area contributed by atoms with Gasteiger partial charge in [0.2, 0.25) is 5.95 Å². The predicted octanol–water partition coefficient (Wildman–Crippen LogP) is 1.89. The number of anilines is 1. The third kappa shape index (κ3) is 2.26. The molecule has 2 heterocycles. The molecule has 0 atom stereocenters. The van der Waals surface area contributed by atoms with Crippen molar-refractivity contribution in [2.45, 2.75) is 39.3 Å². The largest absolute Gasteiger partial charge is 0.327 e. The summed E-state index contributed by atoms with van der Waals surface area (Å²) in [7, 11) is 0. The Morgan fingerprint density at radius 2 is 2.16 bits per heavy atom. The summed E-state index contributed by atoms with van der Waals surface area (Å²) in [6.07, 6.45) is 6.91. The Labute approximate surface area is 113 Å². The van der Waals surface area contributed by atoms with E-state index in [1.54, 1.807) is 17.2 Å². The Bertz CT molecular complexity index is 545. The van der Waals surface area contributed by atoms with Gasteiger partial charge in [-0.25, -0.2) is 14.8 Å². The molecule has 5 nitrogen and oxygen atoms in total.